The Morgan fingerprint density at radius 3 is 1.54 bits per heavy atom. The highest BCUT2D eigenvalue weighted by molar-refractivity contribution is 14.1. The van der Waals surface area contributed by atoms with Crippen LogP contribution in [0.5, 0.6) is 0 Å². The maximum Gasteiger partial charge on any atom is 0.282 e. The summed E-state index contributed by atoms with van der Waals surface area (Å²) in [5.41, 5.74) is 6.74. The van der Waals surface area contributed by atoms with Gasteiger partial charge in [0.1, 0.15) is 25.3 Å². The SMILES string of the molecule is C.C#CCCc1nnc(C(=O)NCCOC)s1.COCCNC(=O)c1nnc(CCCCc2ccc(CC(=O)Cc3cccc(C)c3)nn2)s1.Cc1cccc(CC(=O)Cc2ccc(I)nn2)c1.[HH]. The van der Waals surface area contributed by atoms with E-state index in [1.807, 2.05) is 86.6 Å². The van der Waals surface area contributed by atoms with Crippen LogP contribution < -0.4 is 10.6 Å². The number of halogens is 1. The van der Waals surface area contributed by atoms with Crippen molar-refractivity contribution in [3.05, 3.63) is 136 Å². The van der Waals surface area contributed by atoms with Gasteiger partial charge in [-0.2, -0.15) is 15.3 Å². The molecule has 0 saturated heterocycles. The van der Waals surface area contributed by atoms with Crippen LogP contribution in [0.3, 0.4) is 0 Å². The highest BCUT2D eigenvalue weighted by Gasteiger charge is 2.14. The minimum Gasteiger partial charge on any atom is -0.383 e. The molecule has 0 aliphatic heterocycles. The quantitative estimate of drug-likeness (QED) is 0.0374. The lowest BCUT2D eigenvalue weighted by molar-refractivity contribution is -0.118. The summed E-state index contributed by atoms with van der Waals surface area (Å²) in [4.78, 5) is 47.7. The predicted octanol–water partition coefficient (Wildman–Crippen LogP) is 7.04. The fourth-order valence-electron chi connectivity index (χ4n) is 6.02. The number of aryl methyl sites for hydroxylation is 5. The molecule has 6 rings (SSSR count). The molecule has 0 radical (unpaired) electrons. The van der Waals surface area contributed by atoms with Gasteiger partial charge >= 0.3 is 0 Å². The molecule has 19 heteroatoms. The number of nitrogens with one attached hydrogen (secondary N) is 2. The summed E-state index contributed by atoms with van der Waals surface area (Å²) in [5.74, 6) is 2.37. The number of hydrogen-bond donors (Lipinski definition) is 2. The first-order valence-electron chi connectivity index (χ1n) is 21.5. The van der Waals surface area contributed by atoms with Crippen LogP contribution in [0.2, 0.25) is 0 Å². The highest BCUT2D eigenvalue weighted by Crippen LogP contribution is 2.15. The Kier molecular flexibility index (Phi) is 26.6. The molecule has 0 unspecified atom stereocenters. The minimum absolute atomic E-state index is 0. The Labute approximate surface area is 421 Å². The van der Waals surface area contributed by atoms with E-state index in [0.29, 0.717) is 80.5 Å². The van der Waals surface area contributed by atoms with Gasteiger partial charge in [0.15, 0.2) is 0 Å². The summed E-state index contributed by atoms with van der Waals surface area (Å²) in [6.07, 6.45) is 11.3. The van der Waals surface area contributed by atoms with Crippen LogP contribution in [0.4, 0.5) is 0 Å². The van der Waals surface area contributed by atoms with E-state index in [0.717, 1.165) is 67.5 Å². The zero-order chi connectivity index (χ0) is 48.2. The molecule has 0 atom stereocenters. The molecule has 362 valence electrons. The van der Waals surface area contributed by atoms with E-state index in [2.05, 4.69) is 79.9 Å². The maximum absolute atomic E-state index is 12.3. The van der Waals surface area contributed by atoms with E-state index in [1.165, 1.54) is 28.2 Å². The van der Waals surface area contributed by atoms with Crippen molar-refractivity contribution in [2.75, 3.05) is 40.5 Å². The van der Waals surface area contributed by atoms with Crippen LogP contribution in [0.1, 0.15) is 97.1 Å². The average Bonchev–Trinajstić information content (AvgIpc) is 4.00. The van der Waals surface area contributed by atoms with Gasteiger partial charge in [-0.1, -0.05) is 89.8 Å². The van der Waals surface area contributed by atoms with Crippen LogP contribution >= 0.6 is 45.3 Å². The summed E-state index contributed by atoms with van der Waals surface area (Å²) in [7, 11) is 3.17. The number of methoxy groups -OCH3 is 2. The fraction of sp³-hybridized carbons (Fsp3) is 0.388. The number of amides is 2. The van der Waals surface area contributed by atoms with Gasteiger partial charge in [0.2, 0.25) is 10.0 Å². The van der Waals surface area contributed by atoms with Gasteiger partial charge in [-0.25, -0.2) is 0 Å². The van der Waals surface area contributed by atoms with E-state index in [9.17, 15) is 19.2 Å². The molecule has 2 N–H and O–H groups in total. The Balaban J connectivity index is 0.000000384. The van der Waals surface area contributed by atoms with Gasteiger partial charge in [-0.05, 0) is 91.1 Å². The van der Waals surface area contributed by atoms with Gasteiger partial charge < -0.3 is 20.1 Å². The second-order valence-electron chi connectivity index (χ2n) is 15.0. The summed E-state index contributed by atoms with van der Waals surface area (Å²) < 4.78 is 10.6. The van der Waals surface area contributed by atoms with Crippen molar-refractivity contribution in [2.24, 2.45) is 0 Å². The number of carbonyl (C=O) groups excluding carboxylic acids is 4. The summed E-state index contributed by atoms with van der Waals surface area (Å²) in [6, 6.07) is 23.6. The number of hydrogen-bond acceptors (Lipinski definition) is 16. The van der Waals surface area contributed by atoms with E-state index in [4.69, 9.17) is 15.9 Å². The first-order chi connectivity index (χ1) is 32.4. The fourth-order valence-corrected chi connectivity index (χ4v) is 7.86. The third-order valence-corrected chi connectivity index (χ3v) is 11.8. The van der Waals surface area contributed by atoms with Gasteiger partial charge in [-0.3, -0.25) is 19.2 Å². The van der Waals surface area contributed by atoms with Crippen LogP contribution in [-0.2, 0) is 64.0 Å². The topological polar surface area (TPSA) is 214 Å². The van der Waals surface area contributed by atoms with Crippen molar-refractivity contribution in [2.45, 2.75) is 85.5 Å². The molecule has 2 amide bonds. The average molecular weight is 1080 g/mol. The molecule has 4 aromatic heterocycles. The molecule has 6 aromatic rings. The second kappa shape index (κ2) is 32.0. The summed E-state index contributed by atoms with van der Waals surface area (Å²) in [6.45, 7) is 5.91. The Morgan fingerprint density at radius 2 is 1.09 bits per heavy atom. The van der Waals surface area contributed by atoms with Crippen molar-refractivity contribution in [3.8, 4) is 12.3 Å². The molecule has 68 heavy (non-hydrogen) atoms. The predicted molar refractivity (Wildman–Crippen MR) is 275 cm³/mol. The van der Waals surface area contributed by atoms with E-state index >= 15 is 0 Å². The number of nitrogens with zero attached hydrogens (tertiary/aromatic N) is 8. The highest BCUT2D eigenvalue weighted by atomic mass is 127. The zero-order valence-corrected chi connectivity index (χ0v) is 41.9. The van der Waals surface area contributed by atoms with Gasteiger partial charge in [0, 0.05) is 60.8 Å². The molecule has 0 fully saturated rings. The number of ketones is 2. The second-order valence-corrected chi connectivity index (χ2v) is 18.3. The maximum atomic E-state index is 12.3. The number of Topliss-reactive ketones (excluding diaryl/α,β-unsaturated/α-hetero) is 2. The molecule has 4 heterocycles. The monoisotopic (exact) mass is 1080 g/mol. The Hall–Kier alpha value is -5.79. The van der Waals surface area contributed by atoms with Crippen molar-refractivity contribution >= 4 is 68.6 Å². The normalized spacial score (nSPS) is 10.3. The number of carbonyl (C=O) groups is 4. The number of benzene rings is 2. The third kappa shape index (κ3) is 22.3. The Bertz CT molecular complexity index is 2520. The zero-order valence-electron chi connectivity index (χ0n) is 38.1. The van der Waals surface area contributed by atoms with Gasteiger partial charge in [0.05, 0.1) is 43.1 Å². The van der Waals surface area contributed by atoms with Crippen molar-refractivity contribution < 1.29 is 30.1 Å². The number of ether oxygens (including phenoxy) is 2. The van der Waals surface area contributed by atoms with E-state index < -0.39 is 0 Å². The number of aromatic nitrogens is 8. The molecule has 16 nitrogen and oxygen atoms in total. The molecule has 2 aromatic carbocycles. The summed E-state index contributed by atoms with van der Waals surface area (Å²) >= 11 is 4.68. The molecule has 0 bridgehead atoms. The van der Waals surface area contributed by atoms with Crippen LogP contribution in [0.15, 0.2) is 72.8 Å². The number of unbranched alkanes of at least 4 members (excludes halogenated alkanes) is 1. The molecule has 0 aliphatic carbocycles. The molecule has 0 saturated carbocycles. The van der Waals surface area contributed by atoms with Gasteiger partial charge in [-0.15, -0.1) is 37.8 Å². The van der Waals surface area contributed by atoms with Crippen molar-refractivity contribution in [3.63, 3.8) is 0 Å². The first kappa shape index (κ1) is 56.5. The van der Waals surface area contributed by atoms with Crippen LogP contribution in [-0.4, -0.2) is 105 Å². The lowest BCUT2D eigenvalue weighted by Crippen LogP contribution is -2.26. The smallest absolute Gasteiger partial charge is 0.282 e. The third-order valence-electron chi connectivity index (χ3n) is 9.25. The Morgan fingerprint density at radius 1 is 0.618 bits per heavy atom. The van der Waals surface area contributed by atoms with Crippen molar-refractivity contribution in [1.29, 1.82) is 0 Å². The van der Waals surface area contributed by atoms with Crippen LogP contribution in [0.25, 0.3) is 0 Å². The molecular formula is C49H61IN10O6S2. The van der Waals surface area contributed by atoms with Gasteiger partial charge in [0.25, 0.3) is 11.8 Å². The largest absolute Gasteiger partial charge is 0.383 e. The number of terminal acetylenes is 1. The standard InChI is InChI=1S/C24H29N5O3S.C14H13IN2O.C10H13N3O2S.CH4.H2/c1-17-6-5-7-18(14-17)15-21(30)16-20-11-10-19(26-27-20)8-3-4-9-22-28-29-24(33-22)23(31)25-12-13-32-2;1-10-3-2-4-11(7-10)8-13(18)9-12-5-6-14(15)17-16-12;1-3-4-5-8-12-13-10(16-8)9(14)11-6-7-15-2;;/h5-7,10-11,14H,3-4,8-9,12-13,15-16H2,1-2H3,(H,25,31);2-7H,8-9H2,1H3;1H,4-7H2,2H3,(H,11,14);1H4;1H. The minimum atomic E-state index is -0.221. The van der Waals surface area contributed by atoms with Crippen molar-refractivity contribution in [1.82, 2.24) is 51.4 Å². The van der Waals surface area contributed by atoms with E-state index in [-0.39, 0.29) is 32.2 Å². The lowest BCUT2D eigenvalue weighted by Gasteiger charge is -2.04. The molecular weight excluding hydrogens is 1020 g/mol. The number of rotatable bonds is 23. The lowest BCUT2D eigenvalue weighted by atomic mass is 10.0. The van der Waals surface area contributed by atoms with E-state index in [1.54, 1.807) is 14.2 Å². The first-order valence-corrected chi connectivity index (χ1v) is 24.2. The summed E-state index contributed by atoms with van der Waals surface area (Å²) in [5, 5.41) is 40.0. The molecule has 0 spiro atoms. The molecule has 0 aliphatic rings. The van der Waals surface area contributed by atoms with Crippen LogP contribution in [0, 0.1) is 29.9 Å².